The molecular weight excluding hydrogens is 555 g/mol. The molecule has 3 aliphatic rings. The SMILES string of the molecule is Nc1ccc(OC2CC(CN3CCC(COc4cc(F)c5c(=O)[nH]c(CSC6CCC(O)CC6)nc5c4)CC3)C2)cc1. The van der Waals surface area contributed by atoms with E-state index in [4.69, 9.17) is 15.2 Å². The number of halogens is 1. The van der Waals surface area contributed by atoms with Crippen molar-refractivity contribution in [2.24, 2.45) is 11.8 Å². The molecule has 0 bridgehead atoms. The number of aliphatic hydroxyl groups is 1. The van der Waals surface area contributed by atoms with Crippen molar-refractivity contribution in [3.63, 3.8) is 0 Å². The van der Waals surface area contributed by atoms with E-state index in [1.165, 1.54) is 6.07 Å². The molecule has 0 unspecified atom stereocenters. The molecule has 6 rings (SSSR count). The number of hydrogen-bond acceptors (Lipinski definition) is 8. The van der Waals surface area contributed by atoms with E-state index < -0.39 is 11.4 Å². The molecule has 2 aliphatic carbocycles. The normalized spacial score (nSPS) is 25.3. The van der Waals surface area contributed by atoms with Crippen LogP contribution in [0.25, 0.3) is 10.9 Å². The zero-order valence-corrected chi connectivity index (χ0v) is 24.8. The van der Waals surface area contributed by atoms with Crippen LogP contribution in [0.4, 0.5) is 10.1 Å². The van der Waals surface area contributed by atoms with Crippen molar-refractivity contribution in [1.29, 1.82) is 0 Å². The molecule has 0 spiro atoms. The maximum atomic E-state index is 14.9. The first-order chi connectivity index (χ1) is 20.4. The van der Waals surface area contributed by atoms with E-state index in [1.807, 2.05) is 24.3 Å². The molecule has 8 nitrogen and oxygen atoms in total. The molecule has 1 aromatic heterocycles. The zero-order chi connectivity index (χ0) is 29.1. The van der Waals surface area contributed by atoms with Gasteiger partial charge in [-0.2, -0.15) is 11.8 Å². The number of anilines is 1. The minimum absolute atomic E-state index is 0.0257. The van der Waals surface area contributed by atoms with Crippen molar-refractivity contribution >= 4 is 28.4 Å². The van der Waals surface area contributed by atoms with Gasteiger partial charge in [0.2, 0.25) is 0 Å². The van der Waals surface area contributed by atoms with Gasteiger partial charge in [-0.1, -0.05) is 0 Å². The number of thioether (sulfide) groups is 1. The second-order valence-electron chi connectivity index (χ2n) is 12.3. The highest BCUT2D eigenvalue weighted by Crippen LogP contribution is 2.34. The quantitative estimate of drug-likeness (QED) is 0.276. The number of fused-ring (bicyclic) bond motifs is 1. The number of nitrogens with two attached hydrogens (primary N) is 1. The van der Waals surface area contributed by atoms with Gasteiger partial charge in [-0.15, -0.1) is 0 Å². The number of likely N-dealkylation sites (tertiary alicyclic amines) is 1. The first-order valence-corrected chi connectivity index (χ1v) is 16.3. The van der Waals surface area contributed by atoms with Crippen molar-refractivity contribution in [3.8, 4) is 11.5 Å². The Kier molecular flexibility index (Phi) is 9.21. The van der Waals surface area contributed by atoms with Crippen molar-refractivity contribution in [1.82, 2.24) is 14.9 Å². The summed E-state index contributed by atoms with van der Waals surface area (Å²) in [5.74, 6) is 2.88. The maximum Gasteiger partial charge on any atom is 0.261 e. The standard InChI is InChI=1S/C32H41FN4O4S/c33-28-15-25(16-29-31(28)32(39)36-30(35-29)19-42-27-7-3-23(38)4-8-27)40-18-20-9-11-37(12-10-20)17-21-13-26(14-21)41-24-5-1-22(34)2-6-24/h1-2,5-6,15-16,20-21,23,26-27,38H,3-4,7-14,17-19,34H2,(H,35,36,39). The van der Waals surface area contributed by atoms with E-state index in [-0.39, 0.29) is 11.5 Å². The molecule has 2 saturated carbocycles. The predicted molar refractivity (Wildman–Crippen MR) is 165 cm³/mol. The number of rotatable bonds is 10. The number of piperidine rings is 1. The molecule has 3 fully saturated rings. The number of nitrogen functional groups attached to an aromatic ring is 1. The predicted octanol–water partition coefficient (Wildman–Crippen LogP) is 5.13. The fraction of sp³-hybridized carbons (Fsp3) is 0.562. The molecule has 4 N–H and O–H groups in total. The lowest BCUT2D eigenvalue weighted by Crippen LogP contribution is -2.44. The maximum absolute atomic E-state index is 14.9. The number of hydrogen-bond donors (Lipinski definition) is 3. The lowest BCUT2D eigenvalue weighted by atomic mass is 9.81. The van der Waals surface area contributed by atoms with E-state index in [0.717, 1.165) is 82.4 Å². The Balaban J connectivity index is 0.951. The Morgan fingerprint density at radius 3 is 2.50 bits per heavy atom. The number of aromatic nitrogens is 2. The van der Waals surface area contributed by atoms with Crippen LogP contribution in [0.3, 0.4) is 0 Å². The summed E-state index contributed by atoms with van der Waals surface area (Å²) in [6, 6.07) is 10.6. The van der Waals surface area contributed by atoms with Crippen LogP contribution in [0, 0.1) is 17.7 Å². The number of aromatic amines is 1. The van der Waals surface area contributed by atoms with Gasteiger partial charge in [0.05, 0.1) is 30.1 Å². The summed E-state index contributed by atoms with van der Waals surface area (Å²) in [7, 11) is 0. The Morgan fingerprint density at radius 1 is 1.02 bits per heavy atom. The van der Waals surface area contributed by atoms with E-state index in [2.05, 4.69) is 14.9 Å². The number of ether oxygens (including phenoxy) is 2. The van der Waals surface area contributed by atoms with Gasteiger partial charge in [-0.25, -0.2) is 9.37 Å². The van der Waals surface area contributed by atoms with Gasteiger partial charge < -0.3 is 30.2 Å². The van der Waals surface area contributed by atoms with E-state index in [9.17, 15) is 14.3 Å². The molecule has 2 aromatic carbocycles. The highest BCUT2D eigenvalue weighted by Gasteiger charge is 2.33. The van der Waals surface area contributed by atoms with Crippen molar-refractivity contribution in [2.45, 2.75) is 74.6 Å². The van der Waals surface area contributed by atoms with Crippen molar-refractivity contribution < 1.29 is 19.0 Å². The van der Waals surface area contributed by atoms with Crippen LogP contribution in [0.1, 0.15) is 57.2 Å². The Morgan fingerprint density at radius 2 is 1.76 bits per heavy atom. The largest absolute Gasteiger partial charge is 0.493 e. The average molecular weight is 597 g/mol. The molecule has 2 heterocycles. The van der Waals surface area contributed by atoms with Crippen LogP contribution in [0.5, 0.6) is 11.5 Å². The minimum Gasteiger partial charge on any atom is -0.493 e. The molecule has 10 heteroatoms. The van der Waals surface area contributed by atoms with Crippen LogP contribution in [-0.4, -0.2) is 63.7 Å². The number of benzene rings is 2. The molecule has 1 saturated heterocycles. The van der Waals surface area contributed by atoms with Gasteiger partial charge in [-0.3, -0.25) is 4.79 Å². The second kappa shape index (κ2) is 13.2. The highest BCUT2D eigenvalue weighted by molar-refractivity contribution is 7.99. The van der Waals surface area contributed by atoms with Gasteiger partial charge in [0.25, 0.3) is 5.56 Å². The molecule has 226 valence electrons. The summed E-state index contributed by atoms with van der Waals surface area (Å²) in [6.07, 6.45) is 7.89. The molecule has 42 heavy (non-hydrogen) atoms. The summed E-state index contributed by atoms with van der Waals surface area (Å²) in [6.45, 7) is 3.71. The van der Waals surface area contributed by atoms with Crippen molar-refractivity contribution in [2.75, 3.05) is 32.0 Å². The summed E-state index contributed by atoms with van der Waals surface area (Å²) in [5, 5.41) is 10.1. The molecule has 1 aliphatic heterocycles. The first-order valence-electron chi connectivity index (χ1n) is 15.3. The number of aliphatic hydroxyl groups excluding tert-OH is 1. The minimum atomic E-state index is -0.606. The summed E-state index contributed by atoms with van der Waals surface area (Å²) in [4.78, 5) is 22.5. The Labute approximate surface area is 250 Å². The van der Waals surface area contributed by atoms with Gasteiger partial charge in [0, 0.05) is 29.6 Å². The fourth-order valence-electron chi connectivity index (χ4n) is 6.38. The van der Waals surface area contributed by atoms with E-state index in [1.54, 1.807) is 17.8 Å². The van der Waals surface area contributed by atoms with Gasteiger partial charge in [-0.05, 0) is 101 Å². The summed E-state index contributed by atoms with van der Waals surface area (Å²) in [5.41, 5.74) is 6.37. The average Bonchev–Trinajstić information content (AvgIpc) is 2.96. The number of nitrogens with one attached hydrogen (secondary N) is 1. The molecule has 0 radical (unpaired) electrons. The van der Waals surface area contributed by atoms with E-state index in [0.29, 0.717) is 52.6 Å². The second-order valence-corrected chi connectivity index (χ2v) is 13.5. The monoisotopic (exact) mass is 596 g/mol. The lowest BCUT2D eigenvalue weighted by molar-refractivity contribution is 0.0328. The van der Waals surface area contributed by atoms with Crippen LogP contribution >= 0.6 is 11.8 Å². The number of H-pyrrole nitrogens is 1. The van der Waals surface area contributed by atoms with Crippen LogP contribution in [0.15, 0.2) is 41.2 Å². The fourth-order valence-corrected chi connectivity index (χ4v) is 7.52. The van der Waals surface area contributed by atoms with Crippen LogP contribution in [-0.2, 0) is 5.75 Å². The zero-order valence-electron chi connectivity index (χ0n) is 24.0. The third-order valence-electron chi connectivity index (χ3n) is 8.97. The third kappa shape index (κ3) is 7.38. The van der Waals surface area contributed by atoms with Gasteiger partial charge in [0.1, 0.15) is 28.5 Å². The smallest absolute Gasteiger partial charge is 0.261 e. The highest BCUT2D eigenvalue weighted by atomic mass is 32.2. The third-order valence-corrected chi connectivity index (χ3v) is 10.4. The van der Waals surface area contributed by atoms with Gasteiger partial charge in [0.15, 0.2) is 0 Å². The topological polar surface area (TPSA) is 114 Å². The molecule has 0 atom stereocenters. The molecular formula is C32H41FN4O4S. The first kappa shape index (κ1) is 29.3. The van der Waals surface area contributed by atoms with Crippen molar-refractivity contribution in [3.05, 3.63) is 58.4 Å². The Hall–Kier alpha value is -2.82. The van der Waals surface area contributed by atoms with Gasteiger partial charge >= 0.3 is 0 Å². The van der Waals surface area contributed by atoms with Crippen LogP contribution < -0.4 is 20.8 Å². The Bertz CT molecular complexity index is 1400. The molecule has 3 aromatic rings. The summed E-state index contributed by atoms with van der Waals surface area (Å²) >= 11 is 1.73. The summed E-state index contributed by atoms with van der Waals surface area (Å²) < 4.78 is 27.0. The van der Waals surface area contributed by atoms with E-state index >= 15 is 0 Å². The molecule has 0 amide bonds. The lowest BCUT2D eigenvalue weighted by Gasteiger charge is -2.40. The van der Waals surface area contributed by atoms with Crippen LogP contribution in [0.2, 0.25) is 0 Å². The number of nitrogens with zero attached hydrogens (tertiary/aromatic N) is 2.